The van der Waals surface area contributed by atoms with Crippen LogP contribution in [0.25, 0.3) is 16.6 Å². The molecule has 2 heterocycles. The summed E-state index contributed by atoms with van der Waals surface area (Å²) in [4.78, 5) is 4.37. The molecule has 0 bridgehead atoms. The van der Waals surface area contributed by atoms with Crippen LogP contribution >= 0.6 is 0 Å². The van der Waals surface area contributed by atoms with E-state index in [-0.39, 0.29) is 12.0 Å². The highest BCUT2D eigenvalue weighted by Gasteiger charge is 2.38. The molecule has 140 valence electrons. The molecule has 5 nitrogen and oxygen atoms in total. The lowest BCUT2D eigenvalue weighted by Gasteiger charge is -2.04. The number of nitrogens with one attached hydrogen (secondary N) is 1. The van der Waals surface area contributed by atoms with Gasteiger partial charge in [-0.3, -0.25) is 4.98 Å². The first kappa shape index (κ1) is 16.9. The summed E-state index contributed by atoms with van der Waals surface area (Å²) in [5.41, 5.74) is 3.47. The molecule has 5 rings (SSSR count). The smallest absolute Gasteiger partial charge is 0.159 e. The Labute approximate surface area is 160 Å². The fourth-order valence-corrected chi connectivity index (χ4v) is 3.55. The summed E-state index contributed by atoms with van der Waals surface area (Å²) in [6, 6.07) is 14.2. The molecular formula is C21H17F2N5. The maximum Gasteiger partial charge on any atom is 0.159 e. The Kier molecular flexibility index (Phi) is 4.09. The van der Waals surface area contributed by atoms with Gasteiger partial charge in [0.2, 0.25) is 0 Å². The second kappa shape index (κ2) is 6.76. The Balaban J connectivity index is 1.27. The first-order valence-corrected chi connectivity index (χ1v) is 9.13. The van der Waals surface area contributed by atoms with Crippen LogP contribution in [0, 0.1) is 11.6 Å². The zero-order chi connectivity index (χ0) is 19.1. The van der Waals surface area contributed by atoms with Gasteiger partial charge in [0.25, 0.3) is 0 Å². The zero-order valence-electron chi connectivity index (χ0n) is 14.9. The number of halogens is 2. The van der Waals surface area contributed by atoms with E-state index in [9.17, 15) is 8.78 Å². The first-order valence-electron chi connectivity index (χ1n) is 9.13. The van der Waals surface area contributed by atoms with Crippen molar-refractivity contribution in [3.8, 4) is 5.69 Å². The number of hydrogen-bond acceptors (Lipinski definition) is 4. The van der Waals surface area contributed by atoms with Crippen molar-refractivity contribution in [1.82, 2.24) is 25.3 Å². The molecule has 7 heteroatoms. The fourth-order valence-electron chi connectivity index (χ4n) is 3.55. The lowest BCUT2D eigenvalue weighted by Crippen LogP contribution is -2.17. The van der Waals surface area contributed by atoms with E-state index < -0.39 is 11.6 Å². The van der Waals surface area contributed by atoms with E-state index in [1.165, 1.54) is 12.1 Å². The average Bonchev–Trinajstić information content (AvgIpc) is 3.35. The molecule has 2 aromatic carbocycles. The highest BCUT2D eigenvalue weighted by molar-refractivity contribution is 5.86. The second-order valence-corrected chi connectivity index (χ2v) is 7.00. The number of aromatic nitrogens is 4. The van der Waals surface area contributed by atoms with E-state index >= 15 is 0 Å². The van der Waals surface area contributed by atoms with Crippen LogP contribution in [0.1, 0.15) is 23.6 Å². The van der Waals surface area contributed by atoms with Crippen LogP contribution in [0.5, 0.6) is 0 Å². The molecule has 1 fully saturated rings. The molecule has 1 aliphatic carbocycles. The van der Waals surface area contributed by atoms with Crippen molar-refractivity contribution in [2.24, 2.45) is 0 Å². The predicted molar refractivity (Wildman–Crippen MR) is 101 cm³/mol. The zero-order valence-corrected chi connectivity index (χ0v) is 14.9. The van der Waals surface area contributed by atoms with Gasteiger partial charge < -0.3 is 5.32 Å². The van der Waals surface area contributed by atoms with Crippen molar-refractivity contribution < 1.29 is 8.78 Å². The van der Waals surface area contributed by atoms with Crippen LogP contribution in [-0.4, -0.2) is 26.0 Å². The maximum atomic E-state index is 13.4. The molecule has 2 aromatic heterocycles. The normalized spacial score (nSPS) is 18.5. The maximum absolute atomic E-state index is 13.4. The van der Waals surface area contributed by atoms with Crippen molar-refractivity contribution in [1.29, 1.82) is 0 Å². The molecule has 1 aliphatic rings. The van der Waals surface area contributed by atoms with E-state index in [1.807, 2.05) is 36.5 Å². The summed E-state index contributed by atoms with van der Waals surface area (Å²) in [6.45, 7) is 0.563. The highest BCUT2D eigenvalue weighted by atomic mass is 19.2. The van der Waals surface area contributed by atoms with Gasteiger partial charge in [-0.2, -0.15) is 0 Å². The molecule has 0 amide bonds. The van der Waals surface area contributed by atoms with Gasteiger partial charge in [-0.1, -0.05) is 29.5 Å². The molecule has 2 atom stereocenters. The second-order valence-electron chi connectivity index (χ2n) is 7.00. The molecular weight excluding hydrogens is 360 g/mol. The number of pyridine rings is 1. The van der Waals surface area contributed by atoms with Crippen LogP contribution in [0.15, 0.2) is 60.9 Å². The quantitative estimate of drug-likeness (QED) is 0.576. The molecule has 0 saturated heterocycles. The van der Waals surface area contributed by atoms with Gasteiger partial charge in [-0.15, -0.1) is 5.10 Å². The summed E-state index contributed by atoms with van der Waals surface area (Å²) in [5, 5.41) is 12.9. The van der Waals surface area contributed by atoms with E-state index in [2.05, 4.69) is 20.6 Å². The van der Waals surface area contributed by atoms with Crippen LogP contribution in [0.3, 0.4) is 0 Å². The Morgan fingerprint density at radius 3 is 2.86 bits per heavy atom. The Bertz CT molecular complexity index is 1150. The monoisotopic (exact) mass is 377 g/mol. The van der Waals surface area contributed by atoms with Gasteiger partial charge in [0, 0.05) is 30.1 Å². The van der Waals surface area contributed by atoms with Crippen LogP contribution < -0.4 is 5.32 Å². The van der Waals surface area contributed by atoms with E-state index in [4.69, 9.17) is 0 Å². The van der Waals surface area contributed by atoms with Crippen molar-refractivity contribution in [2.45, 2.75) is 24.9 Å². The van der Waals surface area contributed by atoms with Crippen LogP contribution in [0.4, 0.5) is 8.78 Å². The van der Waals surface area contributed by atoms with Gasteiger partial charge in [0.05, 0.1) is 23.1 Å². The third kappa shape index (κ3) is 3.14. The molecule has 0 spiro atoms. The summed E-state index contributed by atoms with van der Waals surface area (Å²) >= 11 is 0. The average molecular weight is 377 g/mol. The SMILES string of the molecule is Fc1ccc([C@@H]2C[C@H]2NCc2cn(-c3ccnc4ccccc34)nn2)cc1F. The summed E-state index contributed by atoms with van der Waals surface area (Å²) in [6.07, 6.45) is 4.55. The molecule has 0 aliphatic heterocycles. The summed E-state index contributed by atoms with van der Waals surface area (Å²) < 4.78 is 28.2. The predicted octanol–water partition coefficient (Wildman–Crippen LogP) is 3.74. The number of fused-ring (bicyclic) bond motifs is 1. The van der Waals surface area contributed by atoms with E-state index in [0.717, 1.165) is 34.3 Å². The number of para-hydroxylation sites is 1. The first-order chi connectivity index (χ1) is 13.7. The minimum Gasteiger partial charge on any atom is -0.308 e. The van der Waals surface area contributed by atoms with Crippen molar-refractivity contribution in [3.05, 3.63) is 83.8 Å². The molecule has 0 radical (unpaired) electrons. The lowest BCUT2D eigenvalue weighted by molar-refractivity contribution is 0.506. The summed E-state index contributed by atoms with van der Waals surface area (Å²) in [5.74, 6) is -1.40. The molecule has 1 N–H and O–H groups in total. The minimum absolute atomic E-state index is 0.203. The Morgan fingerprint density at radius 2 is 1.96 bits per heavy atom. The third-order valence-corrected chi connectivity index (χ3v) is 5.12. The van der Waals surface area contributed by atoms with Gasteiger partial charge in [0.1, 0.15) is 0 Å². The van der Waals surface area contributed by atoms with Gasteiger partial charge in [-0.05, 0) is 36.2 Å². The lowest BCUT2D eigenvalue weighted by atomic mass is 10.1. The largest absolute Gasteiger partial charge is 0.308 e. The Morgan fingerprint density at radius 1 is 1.07 bits per heavy atom. The van der Waals surface area contributed by atoms with Gasteiger partial charge in [-0.25, -0.2) is 13.5 Å². The number of benzene rings is 2. The molecule has 0 unspecified atom stereocenters. The standard InChI is InChI=1S/C21H17F2N5/c22-17-6-5-13(9-18(17)23)16-10-20(16)25-11-14-12-28(27-26-14)21-7-8-24-19-4-2-1-3-15(19)21/h1-9,12,16,20,25H,10-11H2/t16-,20+/m0/s1. The third-order valence-electron chi connectivity index (χ3n) is 5.12. The highest BCUT2D eigenvalue weighted by Crippen LogP contribution is 2.41. The van der Waals surface area contributed by atoms with Crippen LogP contribution in [-0.2, 0) is 6.54 Å². The van der Waals surface area contributed by atoms with Crippen LogP contribution in [0.2, 0.25) is 0 Å². The topological polar surface area (TPSA) is 55.6 Å². The van der Waals surface area contributed by atoms with Crippen molar-refractivity contribution in [3.63, 3.8) is 0 Å². The van der Waals surface area contributed by atoms with E-state index in [1.54, 1.807) is 16.9 Å². The van der Waals surface area contributed by atoms with Gasteiger partial charge >= 0.3 is 0 Å². The number of hydrogen-bond donors (Lipinski definition) is 1. The molecule has 4 aromatic rings. The number of nitrogens with zero attached hydrogens (tertiary/aromatic N) is 4. The summed E-state index contributed by atoms with van der Waals surface area (Å²) in [7, 11) is 0. The fraction of sp³-hybridized carbons (Fsp3) is 0.190. The molecule has 28 heavy (non-hydrogen) atoms. The van der Waals surface area contributed by atoms with E-state index in [0.29, 0.717) is 6.54 Å². The number of rotatable bonds is 5. The molecule has 1 saturated carbocycles. The van der Waals surface area contributed by atoms with Crippen molar-refractivity contribution in [2.75, 3.05) is 0 Å². The van der Waals surface area contributed by atoms with Crippen molar-refractivity contribution >= 4 is 10.9 Å². The Hall–Kier alpha value is -3.19. The minimum atomic E-state index is -0.811. The van der Waals surface area contributed by atoms with Gasteiger partial charge in [0.15, 0.2) is 11.6 Å².